The number of rotatable bonds is 11. The predicted molar refractivity (Wildman–Crippen MR) is 136 cm³/mol. The van der Waals surface area contributed by atoms with Crippen LogP contribution in [0.15, 0.2) is 72.8 Å². The summed E-state index contributed by atoms with van der Waals surface area (Å²) in [5.41, 5.74) is -3.04. The average Bonchev–Trinajstić information content (AvgIpc) is 3.72. The number of esters is 1. The maximum Gasteiger partial charge on any atom is 0.461 e. The van der Waals surface area contributed by atoms with E-state index in [1.54, 1.807) is 30.3 Å². The summed E-state index contributed by atoms with van der Waals surface area (Å²) in [4.78, 5) is 37.9. The molecule has 0 saturated heterocycles. The number of hydrogen-bond donors (Lipinski definition) is 2. The fourth-order valence-corrected chi connectivity index (χ4v) is 4.53. The van der Waals surface area contributed by atoms with Crippen molar-refractivity contribution < 1.29 is 50.2 Å². The Kier molecular flexibility index (Phi) is 8.50. The molecule has 4 rings (SSSR count). The van der Waals surface area contributed by atoms with E-state index in [2.05, 4.69) is 20.1 Å². The van der Waals surface area contributed by atoms with Crippen molar-refractivity contribution in [3.8, 4) is 5.75 Å². The highest BCUT2D eigenvalue weighted by molar-refractivity contribution is 6.38. The third kappa shape index (κ3) is 6.50. The maximum atomic E-state index is 14.9. The van der Waals surface area contributed by atoms with Crippen molar-refractivity contribution in [1.82, 2.24) is 10.6 Å². The maximum absolute atomic E-state index is 14.9. The summed E-state index contributed by atoms with van der Waals surface area (Å²) in [6, 6.07) is 14.0. The smallest absolute Gasteiger partial charge is 0.461 e. The molecule has 0 bridgehead atoms. The largest absolute Gasteiger partial charge is 0.463 e. The molecule has 2 amide bonds. The number of halogens is 6. The zero-order valence-electron chi connectivity index (χ0n) is 21.9. The lowest BCUT2D eigenvalue weighted by Gasteiger charge is -2.37. The normalized spacial score (nSPS) is 15.3. The summed E-state index contributed by atoms with van der Waals surface area (Å²) in [5.74, 6) is -5.01. The highest BCUT2D eigenvalue weighted by Crippen LogP contribution is 2.40. The van der Waals surface area contributed by atoms with Gasteiger partial charge in [0.25, 0.3) is 5.78 Å². The molecule has 13 heteroatoms. The average molecular weight is 595 g/mol. The summed E-state index contributed by atoms with van der Waals surface area (Å²) in [6.07, 6.45) is -9.19. The number of amides is 2. The number of ether oxygens (including phenoxy) is 2. The van der Waals surface area contributed by atoms with Crippen LogP contribution in [0, 0.1) is 11.6 Å². The lowest BCUT2D eigenvalue weighted by molar-refractivity contribution is -0.253. The standard InChI is InChI=1S/C29H24F6N2O5/c1-41-24(39)23(38)27(11-12-27)36-26(40)37-28(16-17-5-3-2-4-6-17,18-7-9-20(30)10-8-18)19-13-21(31)15-22(14-19)42-29(34,35)25(32)33/h2-10,13-15,25H,11-12,16H2,1H3,(H2,36,37,40). The van der Waals surface area contributed by atoms with Crippen molar-refractivity contribution in [2.24, 2.45) is 0 Å². The minimum Gasteiger partial charge on any atom is -0.463 e. The quantitative estimate of drug-likeness (QED) is 0.180. The Morgan fingerprint density at radius 2 is 1.55 bits per heavy atom. The van der Waals surface area contributed by atoms with Crippen molar-refractivity contribution in [1.29, 1.82) is 0 Å². The SMILES string of the molecule is COC(=O)C(=O)C1(NC(=O)NC(Cc2ccccc2)(c2ccc(F)cc2)c2cc(F)cc(OC(F)(F)C(F)F)c2)CC1. The van der Waals surface area contributed by atoms with Crippen LogP contribution in [0.3, 0.4) is 0 Å². The first-order chi connectivity index (χ1) is 19.8. The first-order valence-corrected chi connectivity index (χ1v) is 12.5. The molecule has 0 heterocycles. The Morgan fingerprint density at radius 1 is 0.905 bits per heavy atom. The van der Waals surface area contributed by atoms with Gasteiger partial charge in [0.1, 0.15) is 22.9 Å². The van der Waals surface area contributed by atoms with Crippen LogP contribution in [-0.2, 0) is 26.3 Å². The second kappa shape index (κ2) is 11.7. The van der Waals surface area contributed by atoms with Gasteiger partial charge >= 0.3 is 24.5 Å². The van der Waals surface area contributed by atoms with Gasteiger partial charge in [0.05, 0.1) is 12.6 Å². The van der Waals surface area contributed by atoms with Gasteiger partial charge in [0, 0.05) is 12.5 Å². The lowest BCUT2D eigenvalue weighted by Crippen LogP contribution is -2.57. The molecule has 1 fully saturated rings. The fraction of sp³-hybridized carbons (Fsp3) is 0.276. The van der Waals surface area contributed by atoms with Gasteiger partial charge in [-0.25, -0.2) is 18.4 Å². The van der Waals surface area contributed by atoms with Gasteiger partial charge in [-0.15, -0.1) is 0 Å². The highest BCUT2D eigenvalue weighted by Gasteiger charge is 2.55. The highest BCUT2D eigenvalue weighted by atomic mass is 19.3. The molecule has 0 spiro atoms. The zero-order valence-corrected chi connectivity index (χ0v) is 21.9. The molecule has 3 aromatic rings. The first-order valence-electron chi connectivity index (χ1n) is 12.5. The van der Waals surface area contributed by atoms with E-state index in [1.807, 2.05) is 0 Å². The van der Waals surface area contributed by atoms with Gasteiger partial charge in [0.15, 0.2) is 0 Å². The fourth-order valence-electron chi connectivity index (χ4n) is 4.53. The Bertz CT molecular complexity index is 1470. The summed E-state index contributed by atoms with van der Waals surface area (Å²) in [7, 11) is 0.997. The number of nitrogens with one attached hydrogen (secondary N) is 2. The van der Waals surface area contributed by atoms with Crippen LogP contribution in [0.4, 0.5) is 31.1 Å². The van der Waals surface area contributed by atoms with E-state index in [0.717, 1.165) is 31.4 Å². The monoisotopic (exact) mass is 594 g/mol. The van der Waals surface area contributed by atoms with E-state index in [-0.39, 0.29) is 30.4 Å². The van der Waals surface area contributed by atoms with Crippen molar-refractivity contribution in [2.75, 3.05) is 7.11 Å². The molecule has 1 aliphatic carbocycles. The van der Waals surface area contributed by atoms with Gasteiger partial charge in [-0.05, 0) is 53.8 Å². The van der Waals surface area contributed by atoms with Crippen LogP contribution in [-0.4, -0.2) is 43.0 Å². The van der Waals surface area contributed by atoms with Crippen LogP contribution in [0.25, 0.3) is 0 Å². The lowest BCUT2D eigenvalue weighted by atomic mass is 9.77. The van der Waals surface area contributed by atoms with E-state index in [1.165, 1.54) is 12.1 Å². The zero-order chi connectivity index (χ0) is 30.7. The Morgan fingerprint density at radius 3 is 2.12 bits per heavy atom. The molecule has 1 atom stereocenters. The molecule has 1 unspecified atom stereocenters. The van der Waals surface area contributed by atoms with E-state index >= 15 is 0 Å². The molecule has 0 radical (unpaired) electrons. The number of methoxy groups -OCH3 is 1. The third-order valence-corrected chi connectivity index (χ3v) is 6.76. The van der Waals surface area contributed by atoms with E-state index < -0.39 is 58.8 Å². The third-order valence-electron chi connectivity index (χ3n) is 6.76. The Hall–Kier alpha value is -4.55. The van der Waals surface area contributed by atoms with Gasteiger partial charge in [-0.2, -0.15) is 17.6 Å². The molecule has 1 saturated carbocycles. The second-order valence-electron chi connectivity index (χ2n) is 9.70. The van der Waals surface area contributed by atoms with E-state index in [4.69, 9.17) is 0 Å². The number of Topliss-reactive ketones (excluding diaryl/α,β-unsaturated/α-hetero) is 1. The summed E-state index contributed by atoms with van der Waals surface area (Å²) in [5, 5.41) is 5.08. The summed E-state index contributed by atoms with van der Waals surface area (Å²) >= 11 is 0. The first kappa shape index (κ1) is 30.4. The van der Waals surface area contributed by atoms with E-state index in [9.17, 15) is 40.7 Å². The summed E-state index contributed by atoms with van der Waals surface area (Å²) in [6.45, 7) is 0. The molecule has 42 heavy (non-hydrogen) atoms. The molecule has 222 valence electrons. The van der Waals surface area contributed by atoms with Crippen LogP contribution < -0.4 is 15.4 Å². The predicted octanol–water partition coefficient (Wildman–Crippen LogP) is 5.26. The molecule has 0 aliphatic heterocycles. The van der Waals surface area contributed by atoms with E-state index in [0.29, 0.717) is 11.6 Å². The molecule has 2 N–H and O–H groups in total. The number of carbonyl (C=O) groups excluding carboxylic acids is 3. The molecular formula is C29H24F6N2O5. The topological polar surface area (TPSA) is 93.7 Å². The minimum atomic E-state index is -4.97. The molecule has 7 nitrogen and oxygen atoms in total. The Labute approximate surface area is 235 Å². The number of urea groups is 1. The van der Waals surface area contributed by atoms with Gasteiger partial charge in [0.2, 0.25) is 0 Å². The van der Waals surface area contributed by atoms with Crippen molar-refractivity contribution in [2.45, 2.75) is 42.9 Å². The van der Waals surface area contributed by atoms with Gasteiger partial charge in [-0.1, -0.05) is 42.5 Å². The summed E-state index contributed by atoms with van der Waals surface area (Å²) < 4.78 is 90.8. The van der Waals surface area contributed by atoms with Crippen LogP contribution >= 0.6 is 0 Å². The van der Waals surface area contributed by atoms with Crippen molar-refractivity contribution in [3.05, 3.63) is 101 Å². The molecule has 3 aromatic carbocycles. The van der Waals surface area contributed by atoms with Crippen molar-refractivity contribution >= 4 is 17.8 Å². The van der Waals surface area contributed by atoms with Crippen LogP contribution in [0.1, 0.15) is 29.5 Å². The number of ketones is 1. The van der Waals surface area contributed by atoms with Crippen LogP contribution in [0.2, 0.25) is 0 Å². The Balaban J connectivity index is 1.86. The second-order valence-corrected chi connectivity index (χ2v) is 9.70. The van der Waals surface area contributed by atoms with Crippen molar-refractivity contribution in [3.63, 3.8) is 0 Å². The molecular weight excluding hydrogens is 570 g/mol. The number of benzene rings is 3. The van der Waals surface area contributed by atoms with Gasteiger partial charge < -0.3 is 20.1 Å². The van der Waals surface area contributed by atoms with Gasteiger partial charge in [-0.3, -0.25) is 4.79 Å². The number of alkyl halides is 4. The molecule has 1 aliphatic rings. The number of carbonyl (C=O) groups is 3. The number of hydrogen-bond acceptors (Lipinski definition) is 5. The minimum absolute atomic E-state index is 0.108. The van der Waals surface area contributed by atoms with Crippen LogP contribution in [0.5, 0.6) is 5.75 Å². The molecule has 0 aromatic heterocycles.